The number of ether oxygens (including phenoxy) is 1. The van der Waals surface area contributed by atoms with Crippen molar-refractivity contribution in [3.63, 3.8) is 0 Å². The molecule has 4 aromatic rings. The lowest BCUT2D eigenvalue weighted by Crippen LogP contribution is -2.09. The molecule has 1 aromatic carbocycles. The monoisotopic (exact) mass is 402 g/mol. The molecule has 0 spiro atoms. The Bertz CT molecular complexity index is 1290. The van der Waals surface area contributed by atoms with Gasteiger partial charge in [0.25, 0.3) is 0 Å². The lowest BCUT2D eigenvalue weighted by Gasteiger charge is -2.08. The van der Waals surface area contributed by atoms with Crippen LogP contribution in [0.5, 0.6) is 0 Å². The van der Waals surface area contributed by atoms with Gasteiger partial charge in [-0.1, -0.05) is 11.6 Å². The van der Waals surface area contributed by atoms with Crippen LogP contribution < -0.4 is 0 Å². The summed E-state index contributed by atoms with van der Waals surface area (Å²) in [6, 6.07) is 6.32. The maximum absolute atomic E-state index is 5.33. The Labute approximate surface area is 172 Å². The van der Waals surface area contributed by atoms with Crippen molar-refractivity contribution in [2.24, 2.45) is 0 Å². The smallest absolute Gasteiger partial charge is 0.167 e. The predicted molar refractivity (Wildman–Crippen MR) is 110 cm³/mol. The van der Waals surface area contributed by atoms with Crippen LogP contribution in [0, 0.1) is 25.7 Å². The van der Waals surface area contributed by atoms with Crippen LogP contribution in [0.1, 0.15) is 32.7 Å². The van der Waals surface area contributed by atoms with Gasteiger partial charge in [-0.05, 0) is 37.8 Å². The Kier molecular flexibility index (Phi) is 4.27. The number of rotatable bonds is 2. The number of hydrogen-bond donors (Lipinski definition) is 0. The number of benzene rings is 1. The number of thiazole rings is 1. The fraction of sp³-hybridized carbons (Fsp3) is 0.238. The van der Waals surface area contributed by atoms with Crippen molar-refractivity contribution in [2.75, 3.05) is 7.11 Å². The van der Waals surface area contributed by atoms with Crippen LogP contribution in [0.2, 0.25) is 0 Å². The molecule has 1 aliphatic rings. The highest BCUT2D eigenvalue weighted by Crippen LogP contribution is 2.33. The fourth-order valence-electron chi connectivity index (χ4n) is 3.49. The molecule has 29 heavy (non-hydrogen) atoms. The summed E-state index contributed by atoms with van der Waals surface area (Å²) < 4.78 is 9.51. The number of hydrogen-bond acceptors (Lipinski definition) is 6. The van der Waals surface area contributed by atoms with Gasteiger partial charge in [0.2, 0.25) is 0 Å². The van der Waals surface area contributed by atoms with Gasteiger partial charge in [-0.25, -0.2) is 9.97 Å². The van der Waals surface area contributed by atoms with Crippen LogP contribution in [0.25, 0.3) is 17.1 Å². The molecule has 0 fully saturated rings. The van der Waals surface area contributed by atoms with Crippen LogP contribution in [-0.2, 0) is 17.9 Å². The van der Waals surface area contributed by atoms with Gasteiger partial charge in [-0.15, -0.1) is 21.5 Å². The Morgan fingerprint density at radius 1 is 1.17 bits per heavy atom. The minimum atomic E-state index is 0.391. The van der Waals surface area contributed by atoms with Crippen molar-refractivity contribution in [3.8, 4) is 28.9 Å². The third-order valence-corrected chi connectivity index (χ3v) is 5.66. The highest BCUT2D eigenvalue weighted by molar-refractivity contribution is 7.12. The molecule has 4 heterocycles. The van der Waals surface area contributed by atoms with Crippen molar-refractivity contribution < 1.29 is 4.74 Å². The van der Waals surface area contributed by atoms with Gasteiger partial charge in [0.15, 0.2) is 16.7 Å². The number of nitrogens with zero attached hydrogens (tertiary/aromatic N) is 6. The van der Waals surface area contributed by atoms with E-state index in [1.54, 1.807) is 18.4 Å². The number of aryl methyl sites for hydroxylation is 2. The molecule has 1 aliphatic heterocycles. The minimum Gasteiger partial charge on any atom is -0.377 e. The first kappa shape index (κ1) is 17.8. The van der Waals surface area contributed by atoms with E-state index in [9.17, 15) is 0 Å². The summed E-state index contributed by atoms with van der Waals surface area (Å²) in [5.74, 6) is 7.96. The lowest BCUT2D eigenvalue weighted by molar-refractivity contribution is 0.174. The van der Waals surface area contributed by atoms with Crippen molar-refractivity contribution >= 4 is 11.3 Å². The molecular formula is C21H18N6OS. The third kappa shape index (κ3) is 3.05. The predicted octanol–water partition coefficient (Wildman–Crippen LogP) is 3.11. The maximum atomic E-state index is 5.33. The van der Waals surface area contributed by atoms with Gasteiger partial charge in [0, 0.05) is 23.7 Å². The summed E-state index contributed by atoms with van der Waals surface area (Å²) in [5, 5.41) is 9.61. The van der Waals surface area contributed by atoms with Crippen LogP contribution in [0.3, 0.4) is 0 Å². The SMILES string of the molecule is COCc1nnc2n1Cc1c(C#Cc3ncc(C)s3)ncn1-c1ccc(C)cc1-2. The zero-order valence-electron chi connectivity index (χ0n) is 16.3. The molecular weight excluding hydrogens is 384 g/mol. The molecule has 0 saturated carbocycles. The summed E-state index contributed by atoms with van der Waals surface area (Å²) in [5.41, 5.74) is 4.92. The second-order valence-electron chi connectivity index (χ2n) is 6.92. The van der Waals surface area contributed by atoms with Gasteiger partial charge in [0.05, 0.1) is 17.9 Å². The minimum absolute atomic E-state index is 0.391. The first-order valence-corrected chi connectivity index (χ1v) is 9.99. The summed E-state index contributed by atoms with van der Waals surface area (Å²) in [4.78, 5) is 10.1. The van der Waals surface area contributed by atoms with Crippen molar-refractivity contribution in [2.45, 2.75) is 27.0 Å². The van der Waals surface area contributed by atoms with Gasteiger partial charge < -0.3 is 9.30 Å². The van der Waals surface area contributed by atoms with Crippen molar-refractivity contribution in [1.29, 1.82) is 0 Å². The number of imidazole rings is 1. The topological polar surface area (TPSA) is 70.7 Å². The lowest BCUT2D eigenvalue weighted by atomic mass is 10.1. The second-order valence-corrected chi connectivity index (χ2v) is 8.15. The van der Waals surface area contributed by atoms with E-state index >= 15 is 0 Å². The quantitative estimate of drug-likeness (QED) is 0.424. The van der Waals surface area contributed by atoms with Crippen LogP contribution in [0.4, 0.5) is 0 Å². The number of aromatic nitrogens is 6. The Hall–Kier alpha value is -3.28. The molecule has 0 N–H and O–H groups in total. The van der Waals surface area contributed by atoms with E-state index in [0.29, 0.717) is 13.2 Å². The molecule has 0 aliphatic carbocycles. The summed E-state index contributed by atoms with van der Waals surface area (Å²) >= 11 is 1.58. The van der Waals surface area contributed by atoms with Crippen LogP contribution >= 0.6 is 11.3 Å². The van der Waals surface area contributed by atoms with Crippen molar-refractivity contribution in [1.82, 2.24) is 29.3 Å². The van der Waals surface area contributed by atoms with Crippen LogP contribution in [0.15, 0.2) is 30.7 Å². The van der Waals surface area contributed by atoms with E-state index < -0.39 is 0 Å². The van der Waals surface area contributed by atoms with Crippen molar-refractivity contribution in [3.05, 3.63) is 63.4 Å². The zero-order chi connectivity index (χ0) is 20.0. The first-order chi connectivity index (χ1) is 14.1. The molecule has 8 heteroatoms. The molecule has 5 rings (SSSR count). The Morgan fingerprint density at radius 3 is 2.86 bits per heavy atom. The van der Waals surface area contributed by atoms with Gasteiger partial charge in [-0.3, -0.25) is 4.57 Å². The standard InChI is InChI=1S/C21H18N6OS/c1-13-4-6-17-15(8-13)21-25-24-19(11-28-3)26(21)10-18-16(23-12-27(17)18)5-7-20-22-9-14(2)29-20/h4,6,8-9,12H,10-11H2,1-3H3. The molecule has 144 valence electrons. The molecule has 0 amide bonds. The fourth-order valence-corrected chi connectivity index (χ4v) is 4.11. The van der Waals surface area contributed by atoms with E-state index in [-0.39, 0.29) is 0 Å². The zero-order valence-corrected chi connectivity index (χ0v) is 17.1. The summed E-state index contributed by atoms with van der Waals surface area (Å²) in [7, 11) is 1.66. The largest absolute Gasteiger partial charge is 0.377 e. The van der Waals surface area contributed by atoms with E-state index in [4.69, 9.17) is 4.74 Å². The number of fused-ring (bicyclic) bond motifs is 5. The molecule has 0 saturated heterocycles. The molecule has 7 nitrogen and oxygen atoms in total. The normalized spacial score (nSPS) is 11.8. The van der Waals surface area contributed by atoms with E-state index in [2.05, 4.69) is 66.3 Å². The molecule has 3 aromatic heterocycles. The second kappa shape index (κ2) is 6.95. The third-order valence-electron chi connectivity index (χ3n) is 4.84. The average Bonchev–Trinajstić information content (AvgIpc) is 3.39. The molecule has 0 radical (unpaired) electrons. The van der Waals surface area contributed by atoms with E-state index in [0.717, 1.165) is 49.7 Å². The Morgan fingerprint density at radius 2 is 2.07 bits per heavy atom. The molecule has 0 bridgehead atoms. The maximum Gasteiger partial charge on any atom is 0.167 e. The highest BCUT2D eigenvalue weighted by Gasteiger charge is 2.25. The first-order valence-electron chi connectivity index (χ1n) is 9.17. The number of methoxy groups -OCH3 is 1. The molecule has 0 atom stereocenters. The highest BCUT2D eigenvalue weighted by atomic mass is 32.1. The summed E-state index contributed by atoms with van der Waals surface area (Å²) in [6.45, 7) is 5.05. The average molecular weight is 402 g/mol. The van der Waals surface area contributed by atoms with Gasteiger partial charge in [0.1, 0.15) is 18.6 Å². The van der Waals surface area contributed by atoms with Gasteiger partial charge in [-0.2, -0.15) is 0 Å². The van der Waals surface area contributed by atoms with Crippen LogP contribution in [-0.4, -0.2) is 36.4 Å². The molecule has 0 unspecified atom stereocenters. The van der Waals surface area contributed by atoms with E-state index in [1.807, 2.05) is 19.4 Å². The Balaban J connectivity index is 1.69. The van der Waals surface area contributed by atoms with Gasteiger partial charge >= 0.3 is 0 Å². The summed E-state index contributed by atoms with van der Waals surface area (Å²) in [6.07, 6.45) is 3.66. The van der Waals surface area contributed by atoms with E-state index in [1.165, 1.54) is 0 Å².